The molecule has 1 heterocycles. The van der Waals surface area contributed by atoms with Crippen molar-refractivity contribution < 1.29 is 13.2 Å². The molecule has 18 heavy (non-hydrogen) atoms. The number of hydrogen-bond donors (Lipinski definition) is 0. The molecule has 102 valence electrons. The second-order valence-corrected chi connectivity index (χ2v) is 4.50. The lowest BCUT2D eigenvalue weighted by Gasteiger charge is -2.28. The van der Waals surface area contributed by atoms with Gasteiger partial charge in [-0.2, -0.15) is 13.2 Å². The molecule has 6 heteroatoms. The highest BCUT2D eigenvalue weighted by Crippen LogP contribution is 2.33. The fourth-order valence-corrected chi connectivity index (χ4v) is 2.05. The molecule has 0 spiro atoms. The maximum atomic E-state index is 12.7. The van der Waals surface area contributed by atoms with Crippen molar-refractivity contribution >= 4 is 17.4 Å². The Hall–Kier alpha value is -0.970. The predicted octanol–water partition coefficient (Wildman–Crippen LogP) is 4.38. The van der Waals surface area contributed by atoms with E-state index in [9.17, 15) is 13.2 Å². The number of halogens is 4. The normalized spacial score (nSPS) is 12.0. The smallest absolute Gasteiger partial charge is 0.357 e. The molecule has 0 N–H and O–H groups in total. The van der Waals surface area contributed by atoms with Crippen molar-refractivity contribution in [2.45, 2.75) is 38.9 Å². The van der Waals surface area contributed by atoms with Crippen LogP contribution in [0.25, 0.3) is 0 Å². The number of rotatable bonds is 4. The Balaban J connectivity index is 3.13. The average Bonchev–Trinajstić information content (AvgIpc) is 2.28. The molecule has 0 aliphatic heterocycles. The lowest BCUT2D eigenvalue weighted by Crippen LogP contribution is -2.31. The summed E-state index contributed by atoms with van der Waals surface area (Å²) >= 11 is 5.65. The number of pyridine rings is 1. The van der Waals surface area contributed by atoms with Crippen LogP contribution in [0.5, 0.6) is 0 Å². The fourth-order valence-electron chi connectivity index (χ4n) is 1.85. The quantitative estimate of drug-likeness (QED) is 0.761. The minimum Gasteiger partial charge on any atom is -0.357 e. The maximum Gasteiger partial charge on any atom is 0.416 e. The third kappa shape index (κ3) is 3.51. The highest BCUT2D eigenvalue weighted by molar-refractivity contribution is 6.29. The van der Waals surface area contributed by atoms with Gasteiger partial charge in [0.05, 0.1) is 5.56 Å². The van der Waals surface area contributed by atoms with Gasteiger partial charge in [0.25, 0.3) is 0 Å². The lowest BCUT2D eigenvalue weighted by atomic mass is 10.1. The van der Waals surface area contributed by atoms with Crippen LogP contribution in [0.3, 0.4) is 0 Å². The van der Waals surface area contributed by atoms with Crippen molar-refractivity contribution in [1.29, 1.82) is 0 Å². The van der Waals surface area contributed by atoms with Gasteiger partial charge in [0.1, 0.15) is 11.0 Å². The molecule has 2 nitrogen and oxygen atoms in total. The Bertz CT molecular complexity index is 403. The van der Waals surface area contributed by atoms with Crippen LogP contribution in [-0.2, 0) is 6.18 Å². The average molecular weight is 281 g/mol. The molecule has 0 atom stereocenters. The Morgan fingerprint density at radius 3 is 2.28 bits per heavy atom. The molecule has 1 rings (SSSR count). The molecular formula is C12H16ClF3N2. The Kier molecular flexibility index (Phi) is 4.85. The van der Waals surface area contributed by atoms with E-state index in [2.05, 4.69) is 4.98 Å². The topological polar surface area (TPSA) is 16.1 Å². The minimum atomic E-state index is -4.41. The molecule has 0 aromatic carbocycles. The van der Waals surface area contributed by atoms with Gasteiger partial charge in [-0.05, 0) is 25.0 Å². The molecule has 0 bridgehead atoms. The summed E-state index contributed by atoms with van der Waals surface area (Å²) in [5.74, 6) is 0.253. The fraction of sp³-hybridized carbons (Fsp3) is 0.583. The number of alkyl halides is 3. The number of aromatic nitrogens is 1. The molecule has 1 aromatic rings. The van der Waals surface area contributed by atoms with Crippen molar-refractivity contribution in [2.75, 3.05) is 11.9 Å². The summed E-state index contributed by atoms with van der Waals surface area (Å²) < 4.78 is 38.0. The van der Waals surface area contributed by atoms with Crippen molar-refractivity contribution in [1.82, 2.24) is 4.98 Å². The van der Waals surface area contributed by atoms with E-state index in [1.54, 1.807) is 11.9 Å². The van der Waals surface area contributed by atoms with E-state index in [1.165, 1.54) is 0 Å². The van der Waals surface area contributed by atoms with Crippen LogP contribution in [0.4, 0.5) is 19.0 Å². The van der Waals surface area contributed by atoms with Crippen LogP contribution >= 0.6 is 11.6 Å². The van der Waals surface area contributed by atoms with Gasteiger partial charge in [-0.25, -0.2) is 4.98 Å². The molecule has 0 amide bonds. The van der Waals surface area contributed by atoms with Crippen LogP contribution in [-0.4, -0.2) is 18.1 Å². The van der Waals surface area contributed by atoms with Crippen molar-refractivity contribution in [3.05, 3.63) is 22.8 Å². The predicted molar refractivity (Wildman–Crippen MR) is 67.0 cm³/mol. The molecule has 0 aliphatic rings. The molecule has 0 saturated heterocycles. The van der Waals surface area contributed by atoms with Crippen LogP contribution in [0.15, 0.2) is 12.1 Å². The highest BCUT2D eigenvalue weighted by atomic mass is 35.5. The molecule has 1 aromatic heterocycles. The SMILES string of the molecule is CCC(CC)N(C)c1cc(C(F)(F)F)cc(Cl)n1. The highest BCUT2D eigenvalue weighted by Gasteiger charge is 2.32. The van der Waals surface area contributed by atoms with Gasteiger partial charge >= 0.3 is 6.18 Å². The van der Waals surface area contributed by atoms with E-state index < -0.39 is 11.7 Å². The lowest BCUT2D eigenvalue weighted by molar-refractivity contribution is -0.137. The first kappa shape index (κ1) is 15.1. The maximum absolute atomic E-state index is 12.7. The number of anilines is 1. The van der Waals surface area contributed by atoms with Gasteiger partial charge in [-0.3, -0.25) is 0 Å². The summed E-state index contributed by atoms with van der Waals surface area (Å²) in [6.45, 7) is 3.97. The van der Waals surface area contributed by atoms with E-state index in [4.69, 9.17) is 11.6 Å². The summed E-state index contributed by atoms with van der Waals surface area (Å²) in [7, 11) is 1.73. The standard InChI is InChI=1S/C12H16ClF3N2/c1-4-9(5-2)18(3)11-7-8(12(14,15)16)6-10(13)17-11/h6-7,9H,4-5H2,1-3H3. The Morgan fingerprint density at radius 2 is 1.83 bits per heavy atom. The van der Waals surface area contributed by atoms with Crippen LogP contribution < -0.4 is 4.90 Å². The monoisotopic (exact) mass is 280 g/mol. The third-order valence-electron chi connectivity index (χ3n) is 2.96. The van der Waals surface area contributed by atoms with E-state index >= 15 is 0 Å². The number of hydrogen-bond acceptors (Lipinski definition) is 2. The first-order chi connectivity index (χ1) is 8.29. The third-order valence-corrected chi connectivity index (χ3v) is 3.15. The zero-order chi connectivity index (χ0) is 13.9. The molecule has 0 radical (unpaired) electrons. The molecule has 0 unspecified atom stereocenters. The summed E-state index contributed by atoms with van der Waals surface area (Å²) in [5, 5.41) is -0.141. The Labute approximate surface area is 110 Å². The summed E-state index contributed by atoms with van der Waals surface area (Å²) in [6.07, 6.45) is -2.73. The van der Waals surface area contributed by atoms with Crippen molar-refractivity contribution in [3.8, 4) is 0 Å². The molecule has 0 aliphatic carbocycles. The van der Waals surface area contributed by atoms with Gasteiger partial charge in [-0.15, -0.1) is 0 Å². The second kappa shape index (κ2) is 5.78. The van der Waals surface area contributed by atoms with E-state index in [0.717, 1.165) is 25.0 Å². The minimum absolute atomic E-state index is 0.141. The molecule has 0 saturated carbocycles. The summed E-state index contributed by atoms with van der Waals surface area (Å²) in [5.41, 5.74) is -0.768. The van der Waals surface area contributed by atoms with Crippen LogP contribution in [0.1, 0.15) is 32.3 Å². The van der Waals surface area contributed by atoms with Crippen LogP contribution in [0.2, 0.25) is 5.15 Å². The van der Waals surface area contributed by atoms with Gasteiger partial charge in [0.15, 0.2) is 0 Å². The largest absolute Gasteiger partial charge is 0.416 e. The van der Waals surface area contributed by atoms with E-state index in [1.807, 2.05) is 13.8 Å². The van der Waals surface area contributed by atoms with Gasteiger partial charge in [0.2, 0.25) is 0 Å². The van der Waals surface area contributed by atoms with Crippen LogP contribution in [0, 0.1) is 0 Å². The van der Waals surface area contributed by atoms with Crippen molar-refractivity contribution in [2.24, 2.45) is 0 Å². The summed E-state index contributed by atoms with van der Waals surface area (Å²) in [4.78, 5) is 5.69. The van der Waals surface area contributed by atoms with Gasteiger partial charge < -0.3 is 4.90 Å². The first-order valence-corrected chi connectivity index (χ1v) is 6.15. The van der Waals surface area contributed by atoms with Gasteiger partial charge in [0, 0.05) is 13.1 Å². The zero-order valence-corrected chi connectivity index (χ0v) is 11.3. The van der Waals surface area contributed by atoms with Crippen molar-refractivity contribution in [3.63, 3.8) is 0 Å². The molecule has 0 fully saturated rings. The van der Waals surface area contributed by atoms with E-state index in [0.29, 0.717) is 0 Å². The molecular weight excluding hydrogens is 265 g/mol. The summed E-state index contributed by atoms with van der Waals surface area (Å²) in [6, 6.07) is 2.02. The van der Waals surface area contributed by atoms with Gasteiger partial charge in [-0.1, -0.05) is 25.4 Å². The number of nitrogens with zero attached hydrogens (tertiary/aromatic N) is 2. The Morgan fingerprint density at radius 1 is 1.28 bits per heavy atom. The zero-order valence-electron chi connectivity index (χ0n) is 10.6. The second-order valence-electron chi connectivity index (χ2n) is 4.12. The van der Waals surface area contributed by atoms with E-state index in [-0.39, 0.29) is 17.0 Å². The first-order valence-electron chi connectivity index (χ1n) is 5.77.